The van der Waals surface area contributed by atoms with Gasteiger partial charge in [-0.25, -0.2) is 4.79 Å². The normalized spacial score (nSPS) is 16.7. The van der Waals surface area contributed by atoms with Crippen LogP contribution in [0.4, 0.5) is 10.5 Å². The Kier molecular flexibility index (Phi) is 4.77. The van der Waals surface area contributed by atoms with E-state index >= 15 is 0 Å². The standard InChI is InChI=1S/C15H23N3O/c1-11-9-10-16-12(2)14(11)18-15(19)17-13-7-5-3-4-6-8-13/h9-10,13H,3-8H2,1-2H3,(H2,17,18,19). The van der Waals surface area contributed by atoms with E-state index in [1.807, 2.05) is 19.9 Å². The number of carbonyl (C=O) groups is 1. The molecule has 1 aliphatic carbocycles. The van der Waals surface area contributed by atoms with Crippen molar-refractivity contribution in [2.75, 3.05) is 5.32 Å². The van der Waals surface area contributed by atoms with Gasteiger partial charge in [-0.1, -0.05) is 25.7 Å². The van der Waals surface area contributed by atoms with Gasteiger partial charge < -0.3 is 10.6 Å². The lowest BCUT2D eigenvalue weighted by molar-refractivity contribution is 0.247. The maximum absolute atomic E-state index is 12.0. The first kappa shape index (κ1) is 13.8. The summed E-state index contributed by atoms with van der Waals surface area (Å²) in [4.78, 5) is 16.3. The fourth-order valence-corrected chi connectivity index (χ4v) is 2.64. The first-order valence-electron chi connectivity index (χ1n) is 7.16. The van der Waals surface area contributed by atoms with Gasteiger partial charge in [0.05, 0.1) is 11.4 Å². The van der Waals surface area contributed by atoms with E-state index in [9.17, 15) is 4.79 Å². The Morgan fingerprint density at radius 1 is 1.21 bits per heavy atom. The Bertz CT molecular complexity index is 417. The third-order valence-corrected chi connectivity index (χ3v) is 3.78. The zero-order valence-electron chi connectivity index (χ0n) is 11.8. The van der Waals surface area contributed by atoms with Crippen molar-refractivity contribution in [2.45, 2.75) is 58.4 Å². The minimum atomic E-state index is -0.105. The third-order valence-electron chi connectivity index (χ3n) is 3.78. The molecule has 0 atom stereocenters. The SMILES string of the molecule is Cc1ccnc(C)c1NC(=O)NC1CCCCCC1. The molecule has 1 aromatic heterocycles. The Balaban J connectivity index is 1.93. The molecule has 0 unspecified atom stereocenters. The topological polar surface area (TPSA) is 54.0 Å². The molecule has 1 aliphatic rings. The van der Waals surface area contributed by atoms with Crippen LogP contribution in [0.5, 0.6) is 0 Å². The number of hydrogen-bond donors (Lipinski definition) is 2. The molecule has 1 heterocycles. The van der Waals surface area contributed by atoms with E-state index < -0.39 is 0 Å². The Morgan fingerprint density at radius 2 is 1.89 bits per heavy atom. The van der Waals surface area contributed by atoms with Crippen LogP contribution in [-0.2, 0) is 0 Å². The molecule has 2 N–H and O–H groups in total. The molecule has 104 valence electrons. The summed E-state index contributed by atoms with van der Waals surface area (Å²) in [5.41, 5.74) is 2.73. The Morgan fingerprint density at radius 3 is 2.53 bits per heavy atom. The minimum absolute atomic E-state index is 0.105. The van der Waals surface area contributed by atoms with Crippen molar-refractivity contribution in [1.29, 1.82) is 0 Å². The molecule has 0 bridgehead atoms. The van der Waals surface area contributed by atoms with Gasteiger partial charge in [0.25, 0.3) is 0 Å². The lowest BCUT2D eigenvalue weighted by Gasteiger charge is -2.18. The molecule has 0 radical (unpaired) electrons. The number of aryl methyl sites for hydroxylation is 2. The molecule has 0 aliphatic heterocycles. The van der Waals surface area contributed by atoms with Crippen molar-refractivity contribution in [3.63, 3.8) is 0 Å². The van der Waals surface area contributed by atoms with Crippen molar-refractivity contribution >= 4 is 11.7 Å². The monoisotopic (exact) mass is 261 g/mol. The number of carbonyl (C=O) groups excluding carboxylic acids is 1. The van der Waals surface area contributed by atoms with Gasteiger partial charge >= 0.3 is 6.03 Å². The first-order chi connectivity index (χ1) is 9.16. The summed E-state index contributed by atoms with van der Waals surface area (Å²) in [7, 11) is 0. The number of aromatic nitrogens is 1. The summed E-state index contributed by atoms with van der Waals surface area (Å²) in [5, 5.41) is 6.02. The quantitative estimate of drug-likeness (QED) is 0.800. The fraction of sp³-hybridized carbons (Fsp3) is 0.600. The summed E-state index contributed by atoms with van der Waals surface area (Å²) in [6, 6.07) is 2.12. The van der Waals surface area contributed by atoms with E-state index in [1.54, 1.807) is 6.20 Å². The van der Waals surface area contributed by atoms with Crippen molar-refractivity contribution in [3.8, 4) is 0 Å². The van der Waals surface area contributed by atoms with Crippen LogP contribution in [0.25, 0.3) is 0 Å². The van der Waals surface area contributed by atoms with E-state index in [4.69, 9.17) is 0 Å². The lowest BCUT2D eigenvalue weighted by Crippen LogP contribution is -2.37. The highest BCUT2D eigenvalue weighted by atomic mass is 16.2. The maximum atomic E-state index is 12.0. The Labute approximate surface area is 115 Å². The highest BCUT2D eigenvalue weighted by Crippen LogP contribution is 2.19. The predicted molar refractivity (Wildman–Crippen MR) is 77.4 cm³/mol. The maximum Gasteiger partial charge on any atom is 0.319 e. The smallest absolute Gasteiger partial charge is 0.319 e. The van der Waals surface area contributed by atoms with Crippen LogP contribution >= 0.6 is 0 Å². The molecule has 2 rings (SSSR count). The summed E-state index contributed by atoms with van der Waals surface area (Å²) in [6.45, 7) is 3.89. The Hall–Kier alpha value is -1.58. The largest absolute Gasteiger partial charge is 0.335 e. The molecule has 1 fully saturated rings. The average Bonchev–Trinajstić information content (AvgIpc) is 2.63. The number of amides is 2. The summed E-state index contributed by atoms with van der Waals surface area (Å²) in [6.07, 6.45) is 8.98. The summed E-state index contributed by atoms with van der Waals surface area (Å²) >= 11 is 0. The number of nitrogens with zero attached hydrogens (tertiary/aromatic N) is 1. The van der Waals surface area contributed by atoms with Gasteiger partial charge in [-0.05, 0) is 38.3 Å². The minimum Gasteiger partial charge on any atom is -0.335 e. The number of hydrogen-bond acceptors (Lipinski definition) is 2. The second kappa shape index (κ2) is 6.55. The van der Waals surface area contributed by atoms with E-state index in [0.717, 1.165) is 29.8 Å². The zero-order chi connectivity index (χ0) is 13.7. The van der Waals surface area contributed by atoms with Crippen LogP contribution in [0.2, 0.25) is 0 Å². The van der Waals surface area contributed by atoms with E-state index in [0.29, 0.717) is 6.04 Å². The zero-order valence-corrected chi connectivity index (χ0v) is 11.8. The molecule has 4 nitrogen and oxygen atoms in total. The molecule has 0 spiro atoms. The van der Waals surface area contributed by atoms with Crippen LogP contribution in [0, 0.1) is 13.8 Å². The molecule has 4 heteroatoms. The van der Waals surface area contributed by atoms with Crippen LogP contribution < -0.4 is 10.6 Å². The van der Waals surface area contributed by atoms with Gasteiger partial charge in [0.15, 0.2) is 0 Å². The van der Waals surface area contributed by atoms with Crippen molar-refractivity contribution in [1.82, 2.24) is 10.3 Å². The summed E-state index contributed by atoms with van der Waals surface area (Å²) in [5.74, 6) is 0. The molecule has 1 aromatic rings. The third kappa shape index (κ3) is 3.94. The fourth-order valence-electron chi connectivity index (χ4n) is 2.64. The first-order valence-corrected chi connectivity index (χ1v) is 7.16. The van der Waals surface area contributed by atoms with Gasteiger partial charge in [0, 0.05) is 12.2 Å². The number of nitrogens with one attached hydrogen (secondary N) is 2. The molecular weight excluding hydrogens is 238 g/mol. The highest BCUT2D eigenvalue weighted by molar-refractivity contribution is 5.90. The molecule has 2 amide bonds. The van der Waals surface area contributed by atoms with Crippen molar-refractivity contribution in [3.05, 3.63) is 23.5 Å². The number of pyridine rings is 1. The van der Waals surface area contributed by atoms with Crippen LogP contribution in [0.3, 0.4) is 0 Å². The highest BCUT2D eigenvalue weighted by Gasteiger charge is 2.15. The lowest BCUT2D eigenvalue weighted by atomic mass is 10.1. The van der Waals surface area contributed by atoms with E-state index in [2.05, 4.69) is 15.6 Å². The van der Waals surface area contributed by atoms with Gasteiger partial charge in [0.2, 0.25) is 0 Å². The van der Waals surface area contributed by atoms with Crippen LogP contribution in [-0.4, -0.2) is 17.1 Å². The van der Waals surface area contributed by atoms with Gasteiger partial charge in [-0.15, -0.1) is 0 Å². The molecular formula is C15H23N3O. The van der Waals surface area contributed by atoms with Crippen LogP contribution in [0.1, 0.15) is 49.8 Å². The molecule has 0 saturated heterocycles. The number of urea groups is 1. The van der Waals surface area contributed by atoms with Crippen molar-refractivity contribution in [2.24, 2.45) is 0 Å². The number of anilines is 1. The summed E-state index contributed by atoms with van der Waals surface area (Å²) < 4.78 is 0. The van der Waals surface area contributed by atoms with Crippen LogP contribution in [0.15, 0.2) is 12.3 Å². The van der Waals surface area contributed by atoms with Crippen molar-refractivity contribution < 1.29 is 4.79 Å². The molecule has 1 saturated carbocycles. The van der Waals surface area contributed by atoms with Gasteiger partial charge in [-0.2, -0.15) is 0 Å². The van der Waals surface area contributed by atoms with E-state index in [-0.39, 0.29) is 6.03 Å². The predicted octanol–water partition coefficient (Wildman–Crippen LogP) is 3.54. The number of rotatable bonds is 2. The molecule has 0 aromatic carbocycles. The van der Waals surface area contributed by atoms with E-state index in [1.165, 1.54) is 25.7 Å². The molecule has 19 heavy (non-hydrogen) atoms. The second-order valence-corrected chi connectivity index (χ2v) is 5.38. The van der Waals surface area contributed by atoms with Gasteiger partial charge in [0.1, 0.15) is 0 Å². The second-order valence-electron chi connectivity index (χ2n) is 5.38. The average molecular weight is 261 g/mol. The van der Waals surface area contributed by atoms with Gasteiger partial charge in [-0.3, -0.25) is 4.98 Å².